The van der Waals surface area contributed by atoms with Crippen molar-refractivity contribution in [2.24, 2.45) is 0 Å². The first-order chi connectivity index (χ1) is 3.80. The molecular formula is C6H6Na2O2. The summed E-state index contributed by atoms with van der Waals surface area (Å²) in [5, 5.41) is 17.3. The fourth-order valence-electron chi connectivity index (χ4n) is 0.464. The molecule has 10 heavy (non-hydrogen) atoms. The standard InChI is InChI=1S/C6H6O2.2Na/c7-5-3-1-2-4-6(5)8;;/h1-4,7-8H;;. The average Bonchev–Trinajstić information content (AvgIpc) is 1.77. The molecule has 2 N–H and O–H groups in total. The second-order valence-corrected chi connectivity index (χ2v) is 1.49. The molecule has 2 radical (unpaired) electrons. The maximum Gasteiger partial charge on any atom is 0.157 e. The number of phenolic OH excluding ortho intramolecular Hbond substituents is 2. The van der Waals surface area contributed by atoms with Crippen molar-refractivity contribution in [2.75, 3.05) is 0 Å². The Labute approximate surface area is 104 Å². The fourth-order valence-corrected chi connectivity index (χ4v) is 0.464. The summed E-state index contributed by atoms with van der Waals surface area (Å²) in [7, 11) is 0. The van der Waals surface area contributed by atoms with E-state index in [1.54, 1.807) is 12.1 Å². The van der Waals surface area contributed by atoms with Crippen LogP contribution < -0.4 is 0 Å². The molecule has 0 aliphatic heterocycles. The maximum atomic E-state index is 8.67. The van der Waals surface area contributed by atoms with Gasteiger partial charge in [0.25, 0.3) is 0 Å². The van der Waals surface area contributed by atoms with Crippen LogP contribution in [0.4, 0.5) is 0 Å². The molecule has 0 fully saturated rings. The smallest absolute Gasteiger partial charge is 0.157 e. The van der Waals surface area contributed by atoms with E-state index in [0.717, 1.165) is 0 Å². The van der Waals surface area contributed by atoms with Gasteiger partial charge in [0.15, 0.2) is 11.5 Å². The molecule has 0 aliphatic carbocycles. The van der Waals surface area contributed by atoms with E-state index in [2.05, 4.69) is 0 Å². The molecule has 0 aromatic heterocycles. The van der Waals surface area contributed by atoms with Crippen molar-refractivity contribution in [3.8, 4) is 11.5 Å². The molecule has 0 amide bonds. The van der Waals surface area contributed by atoms with Gasteiger partial charge in [-0.3, -0.25) is 0 Å². The summed E-state index contributed by atoms with van der Waals surface area (Å²) >= 11 is 0. The van der Waals surface area contributed by atoms with Gasteiger partial charge in [-0.2, -0.15) is 0 Å². The number of para-hydroxylation sites is 2. The molecule has 1 aromatic rings. The zero-order valence-corrected chi connectivity index (χ0v) is 10.2. The molecule has 2 nitrogen and oxygen atoms in total. The van der Waals surface area contributed by atoms with Crippen LogP contribution in [0, 0.1) is 0 Å². The van der Waals surface area contributed by atoms with Crippen LogP contribution in [-0.2, 0) is 0 Å². The number of hydrogen-bond acceptors (Lipinski definition) is 2. The number of hydrogen-bond donors (Lipinski definition) is 2. The van der Waals surface area contributed by atoms with Gasteiger partial charge in [0.2, 0.25) is 0 Å². The monoisotopic (exact) mass is 156 g/mol. The number of aromatic hydroxyl groups is 2. The van der Waals surface area contributed by atoms with Gasteiger partial charge >= 0.3 is 0 Å². The largest absolute Gasteiger partial charge is 0.504 e. The predicted octanol–water partition coefficient (Wildman–Crippen LogP) is 0.336. The number of phenols is 2. The summed E-state index contributed by atoms with van der Waals surface area (Å²) < 4.78 is 0. The van der Waals surface area contributed by atoms with E-state index in [0.29, 0.717) is 0 Å². The van der Waals surface area contributed by atoms with Crippen molar-refractivity contribution < 1.29 is 10.2 Å². The van der Waals surface area contributed by atoms with Crippen molar-refractivity contribution in [1.29, 1.82) is 0 Å². The Morgan fingerprint density at radius 2 is 1.10 bits per heavy atom. The minimum Gasteiger partial charge on any atom is -0.504 e. The maximum absolute atomic E-state index is 8.67. The Balaban J connectivity index is 0. The summed E-state index contributed by atoms with van der Waals surface area (Å²) in [5.41, 5.74) is 0. The minimum absolute atomic E-state index is 0. The zero-order valence-electron chi connectivity index (χ0n) is 6.20. The molecule has 0 heterocycles. The van der Waals surface area contributed by atoms with Crippen LogP contribution >= 0.6 is 0 Å². The van der Waals surface area contributed by atoms with Gasteiger partial charge in [0, 0.05) is 59.1 Å². The third-order valence-corrected chi connectivity index (χ3v) is 0.882. The zero-order chi connectivity index (χ0) is 5.98. The van der Waals surface area contributed by atoms with E-state index in [-0.39, 0.29) is 70.6 Å². The van der Waals surface area contributed by atoms with Crippen molar-refractivity contribution in [1.82, 2.24) is 0 Å². The fraction of sp³-hybridized carbons (Fsp3) is 0. The van der Waals surface area contributed by atoms with E-state index in [4.69, 9.17) is 10.2 Å². The second-order valence-electron chi connectivity index (χ2n) is 1.49. The molecule has 4 heteroatoms. The molecule has 1 rings (SSSR count). The molecule has 0 saturated carbocycles. The summed E-state index contributed by atoms with van der Waals surface area (Å²) in [6, 6.07) is 6.15. The molecule has 0 atom stereocenters. The van der Waals surface area contributed by atoms with Crippen molar-refractivity contribution in [3.63, 3.8) is 0 Å². The summed E-state index contributed by atoms with van der Waals surface area (Å²) in [4.78, 5) is 0. The van der Waals surface area contributed by atoms with E-state index >= 15 is 0 Å². The van der Waals surface area contributed by atoms with Crippen molar-refractivity contribution >= 4 is 59.1 Å². The SMILES string of the molecule is Oc1ccccc1O.[Na].[Na]. The van der Waals surface area contributed by atoms with Gasteiger partial charge in [0.1, 0.15) is 0 Å². The summed E-state index contributed by atoms with van der Waals surface area (Å²) in [6.07, 6.45) is 0. The van der Waals surface area contributed by atoms with Crippen molar-refractivity contribution in [2.45, 2.75) is 0 Å². The normalized spacial score (nSPS) is 7.20. The quantitative estimate of drug-likeness (QED) is 0.420. The van der Waals surface area contributed by atoms with Crippen LogP contribution in [0.5, 0.6) is 11.5 Å². The third-order valence-electron chi connectivity index (χ3n) is 0.882. The minimum atomic E-state index is -0.0764. The van der Waals surface area contributed by atoms with E-state index in [9.17, 15) is 0 Å². The summed E-state index contributed by atoms with van der Waals surface area (Å²) in [5.74, 6) is -0.153. The topological polar surface area (TPSA) is 40.5 Å². The van der Waals surface area contributed by atoms with Gasteiger partial charge in [-0.15, -0.1) is 0 Å². The van der Waals surface area contributed by atoms with Gasteiger partial charge in [-0.25, -0.2) is 0 Å². The molecule has 0 saturated heterocycles. The van der Waals surface area contributed by atoms with E-state index in [1.807, 2.05) is 0 Å². The molecule has 0 bridgehead atoms. The Bertz CT molecular complexity index is 170. The molecular weight excluding hydrogens is 150 g/mol. The Kier molecular flexibility index (Phi) is 8.75. The van der Waals surface area contributed by atoms with Gasteiger partial charge in [0.05, 0.1) is 0 Å². The first-order valence-electron chi connectivity index (χ1n) is 2.27. The first-order valence-corrected chi connectivity index (χ1v) is 2.27. The van der Waals surface area contributed by atoms with Crippen molar-refractivity contribution in [3.05, 3.63) is 24.3 Å². The van der Waals surface area contributed by atoms with E-state index < -0.39 is 0 Å². The van der Waals surface area contributed by atoms with E-state index in [1.165, 1.54) is 12.1 Å². The first kappa shape index (κ1) is 13.4. The molecule has 0 spiro atoms. The third kappa shape index (κ3) is 3.86. The Morgan fingerprint density at radius 1 is 0.800 bits per heavy atom. The molecule has 0 unspecified atom stereocenters. The number of rotatable bonds is 0. The molecule has 1 aromatic carbocycles. The van der Waals surface area contributed by atoms with Crippen LogP contribution in [0.25, 0.3) is 0 Å². The Morgan fingerprint density at radius 3 is 1.30 bits per heavy atom. The average molecular weight is 156 g/mol. The van der Waals surface area contributed by atoms with Crippen LogP contribution in [0.3, 0.4) is 0 Å². The second kappa shape index (κ2) is 6.53. The predicted molar refractivity (Wildman–Crippen MR) is 41.3 cm³/mol. The Hall–Kier alpha value is 0.820. The van der Waals surface area contributed by atoms with Crippen LogP contribution in [0.15, 0.2) is 24.3 Å². The molecule has 44 valence electrons. The van der Waals surface area contributed by atoms with Crippen LogP contribution in [-0.4, -0.2) is 69.3 Å². The van der Waals surface area contributed by atoms with Gasteiger partial charge in [-0.1, -0.05) is 12.1 Å². The van der Waals surface area contributed by atoms with Gasteiger partial charge in [-0.05, 0) is 12.1 Å². The molecule has 0 aliphatic rings. The van der Waals surface area contributed by atoms with Crippen LogP contribution in [0.2, 0.25) is 0 Å². The van der Waals surface area contributed by atoms with Gasteiger partial charge < -0.3 is 10.2 Å². The van der Waals surface area contributed by atoms with Crippen LogP contribution in [0.1, 0.15) is 0 Å². The number of benzene rings is 1. The summed E-state index contributed by atoms with van der Waals surface area (Å²) in [6.45, 7) is 0.